The number of ether oxygens (including phenoxy) is 1. The van der Waals surface area contributed by atoms with Crippen LogP contribution in [0.15, 0.2) is 0 Å². The fourth-order valence-corrected chi connectivity index (χ4v) is 1.35. The van der Waals surface area contributed by atoms with E-state index in [-0.39, 0.29) is 0 Å². The minimum atomic E-state index is 0.711. The third-order valence-electron chi connectivity index (χ3n) is 1.97. The van der Waals surface area contributed by atoms with Gasteiger partial charge < -0.3 is 9.64 Å². The Kier molecular flexibility index (Phi) is 3.16. The van der Waals surface area contributed by atoms with Gasteiger partial charge in [-0.25, -0.2) is 0 Å². The molecule has 0 aromatic heterocycles. The lowest BCUT2D eigenvalue weighted by Gasteiger charge is -2.18. The van der Waals surface area contributed by atoms with Crippen molar-refractivity contribution in [3.8, 4) is 0 Å². The zero-order valence-corrected chi connectivity index (χ0v) is 6.97. The number of nitrogens with zero attached hydrogens (tertiary/aromatic N) is 1. The molecule has 1 aliphatic heterocycles. The first-order chi connectivity index (χ1) is 4.83. The second-order valence-electron chi connectivity index (χ2n) is 3.07. The number of hydrogen-bond donors (Lipinski definition) is 0. The highest BCUT2D eigenvalue weighted by Gasteiger charge is 2.12. The van der Waals surface area contributed by atoms with Crippen molar-refractivity contribution in [3.63, 3.8) is 0 Å². The van der Waals surface area contributed by atoms with Crippen molar-refractivity contribution in [1.29, 1.82) is 0 Å². The van der Waals surface area contributed by atoms with Gasteiger partial charge in [-0.15, -0.1) is 0 Å². The van der Waals surface area contributed by atoms with Crippen molar-refractivity contribution in [2.45, 2.75) is 13.8 Å². The maximum absolute atomic E-state index is 5.40. The van der Waals surface area contributed by atoms with Crippen LogP contribution in [0.25, 0.3) is 0 Å². The molecule has 1 fully saturated rings. The summed E-state index contributed by atoms with van der Waals surface area (Å²) in [6, 6.07) is 0. The molecule has 1 saturated heterocycles. The Bertz CT molecular complexity index is 95.3. The Morgan fingerprint density at radius 2 is 2.40 bits per heavy atom. The Morgan fingerprint density at radius 3 is 3.10 bits per heavy atom. The van der Waals surface area contributed by atoms with Crippen LogP contribution in [0.2, 0.25) is 0 Å². The molecule has 60 valence electrons. The lowest BCUT2D eigenvalue weighted by Crippen LogP contribution is -2.28. The molecule has 1 unspecified atom stereocenters. The predicted molar refractivity (Wildman–Crippen MR) is 42.1 cm³/mol. The minimum Gasteiger partial charge on any atom is -0.380 e. The summed E-state index contributed by atoms with van der Waals surface area (Å²) < 4.78 is 5.40. The van der Waals surface area contributed by atoms with Gasteiger partial charge in [0.2, 0.25) is 0 Å². The van der Waals surface area contributed by atoms with Crippen LogP contribution in [-0.2, 0) is 4.74 Å². The molecule has 1 heterocycles. The molecule has 1 atom stereocenters. The van der Waals surface area contributed by atoms with Crippen molar-refractivity contribution < 1.29 is 4.74 Å². The smallest absolute Gasteiger partial charge is 0.0593 e. The fraction of sp³-hybridized carbons (Fsp3) is 1.00. The van der Waals surface area contributed by atoms with E-state index < -0.39 is 0 Å². The first kappa shape index (κ1) is 8.02. The molecule has 0 radical (unpaired) electrons. The van der Waals surface area contributed by atoms with Gasteiger partial charge in [-0.1, -0.05) is 13.8 Å². The Labute approximate surface area is 63.2 Å². The van der Waals surface area contributed by atoms with Crippen LogP contribution >= 0.6 is 0 Å². The van der Waals surface area contributed by atoms with Crippen molar-refractivity contribution in [2.24, 2.45) is 5.92 Å². The van der Waals surface area contributed by atoms with E-state index in [9.17, 15) is 0 Å². The Morgan fingerprint density at radius 1 is 1.60 bits per heavy atom. The predicted octanol–water partition coefficient (Wildman–Crippen LogP) is 0.975. The van der Waals surface area contributed by atoms with Crippen molar-refractivity contribution in [3.05, 3.63) is 0 Å². The van der Waals surface area contributed by atoms with Gasteiger partial charge >= 0.3 is 0 Å². The highest BCUT2D eigenvalue weighted by atomic mass is 16.5. The van der Waals surface area contributed by atoms with E-state index in [1.807, 2.05) is 0 Å². The largest absolute Gasteiger partial charge is 0.380 e. The molecule has 0 bridgehead atoms. The summed E-state index contributed by atoms with van der Waals surface area (Å²) in [4.78, 5) is 2.44. The molecule has 0 N–H and O–H groups in total. The van der Waals surface area contributed by atoms with Crippen LogP contribution in [-0.4, -0.2) is 37.7 Å². The third kappa shape index (κ3) is 2.27. The summed E-state index contributed by atoms with van der Waals surface area (Å²) >= 11 is 0. The molecule has 2 nitrogen and oxygen atoms in total. The van der Waals surface area contributed by atoms with E-state index in [0.717, 1.165) is 26.3 Å². The zero-order valence-electron chi connectivity index (χ0n) is 6.97. The van der Waals surface area contributed by atoms with Crippen LogP contribution in [0.1, 0.15) is 13.8 Å². The summed E-state index contributed by atoms with van der Waals surface area (Å²) in [5, 5.41) is 0. The molecule has 0 aliphatic carbocycles. The number of hydrogen-bond acceptors (Lipinski definition) is 2. The minimum absolute atomic E-state index is 0.711. The second kappa shape index (κ2) is 3.94. The second-order valence-corrected chi connectivity index (χ2v) is 3.07. The average molecular weight is 143 g/mol. The first-order valence-corrected chi connectivity index (χ1v) is 4.13. The monoisotopic (exact) mass is 143 g/mol. The lowest BCUT2D eigenvalue weighted by molar-refractivity contribution is 0.126. The van der Waals surface area contributed by atoms with Gasteiger partial charge in [-0.05, 0) is 12.5 Å². The summed E-state index contributed by atoms with van der Waals surface area (Å²) in [6.45, 7) is 9.78. The summed E-state index contributed by atoms with van der Waals surface area (Å²) in [6.07, 6.45) is 0. The van der Waals surface area contributed by atoms with E-state index >= 15 is 0 Å². The van der Waals surface area contributed by atoms with E-state index in [1.54, 1.807) is 0 Å². The van der Waals surface area contributed by atoms with E-state index in [4.69, 9.17) is 4.74 Å². The van der Waals surface area contributed by atoms with Gasteiger partial charge in [0.1, 0.15) is 0 Å². The molecule has 0 spiro atoms. The SMILES string of the molecule is CCN1CCOCC(C)C1. The van der Waals surface area contributed by atoms with Crippen LogP contribution in [0.5, 0.6) is 0 Å². The van der Waals surface area contributed by atoms with E-state index in [1.165, 1.54) is 6.54 Å². The molecule has 1 aliphatic rings. The molecule has 2 heteroatoms. The zero-order chi connectivity index (χ0) is 7.40. The van der Waals surface area contributed by atoms with Crippen LogP contribution < -0.4 is 0 Å². The summed E-state index contributed by atoms with van der Waals surface area (Å²) in [7, 11) is 0. The van der Waals surface area contributed by atoms with Crippen LogP contribution in [0.3, 0.4) is 0 Å². The van der Waals surface area contributed by atoms with E-state index in [2.05, 4.69) is 18.7 Å². The van der Waals surface area contributed by atoms with Crippen molar-refractivity contribution in [1.82, 2.24) is 4.90 Å². The summed E-state index contributed by atoms with van der Waals surface area (Å²) in [5.41, 5.74) is 0. The maximum Gasteiger partial charge on any atom is 0.0593 e. The molecular formula is C8H17NO. The van der Waals surface area contributed by atoms with Gasteiger partial charge in [-0.3, -0.25) is 0 Å². The Hall–Kier alpha value is -0.0800. The van der Waals surface area contributed by atoms with Gasteiger partial charge in [0.15, 0.2) is 0 Å². The Balaban J connectivity index is 2.30. The van der Waals surface area contributed by atoms with Gasteiger partial charge in [-0.2, -0.15) is 0 Å². The fourth-order valence-electron chi connectivity index (χ4n) is 1.35. The highest BCUT2D eigenvalue weighted by molar-refractivity contribution is 4.64. The topological polar surface area (TPSA) is 12.5 Å². The van der Waals surface area contributed by atoms with Gasteiger partial charge in [0.05, 0.1) is 13.2 Å². The van der Waals surface area contributed by atoms with Crippen molar-refractivity contribution in [2.75, 3.05) is 32.8 Å². The third-order valence-corrected chi connectivity index (χ3v) is 1.97. The molecule has 10 heavy (non-hydrogen) atoms. The number of rotatable bonds is 1. The first-order valence-electron chi connectivity index (χ1n) is 4.13. The van der Waals surface area contributed by atoms with Crippen molar-refractivity contribution >= 4 is 0 Å². The summed E-state index contributed by atoms with van der Waals surface area (Å²) in [5.74, 6) is 0.711. The standard InChI is InChI=1S/C8H17NO/c1-3-9-4-5-10-7-8(2)6-9/h8H,3-7H2,1-2H3. The highest BCUT2D eigenvalue weighted by Crippen LogP contribution is 2.04. The average Bonchev–Trinajstić information content (AvgIpc) is 2.13. The molecule has 0 saturated carbocycles. The van der Waals surface area contributed by atoms with Gasteiger partial charge in [0.25, 0.3) is 0 Å². The molecule has 0 aromatic carbocycles. The van der Waals surface area contributed by atoms with Crippen LogP contribution in [0.4, 0.5) is 0 Å². The maximum atomic E-state index is 5.40. The quantitative estimate of drug-likeness (QED) is 0.542. The lowest BCUT2D eigenvalue weighted by atomic mass is 10.2. The molecular weight excluding hydrogens is 126 g/mol. The molecule has 0 aromatic rings. The number of likely N-dealkylation sites (N-methyl/N-ethyl adjacent to an activating group) is 1. The van der Waals surface area contributed by atoms with E-state index in [0.29, 0.717) is 5.92 Å². The molecule has 1 rings (SSSR count). The van der Waals surface area contributed by atoms with Gasteiger partial charge in [0, 0.05) is 13.1 Å². The normalized spacial score (nSPS) is 30.0. The molecule has 0 amide bonds. The van der Waals surface area contributed by atoms with Crippen LogP contribution in [0, 0.1) is 5.92 Å².